The molecule has 0 bridgehead atoms. The van der Waals surface area contributed by atoms with Crippen molar-refractivity contribution in [1.82, 2.24) is 4.31 Å². The van der Waals surface area contributed by atoms with Gasteiger partial charge < -0.3 is 5.32 Å². The quantitative estimate of drug-likeness (QED) is 0.721. The van der Waals surface area contributed by atoms with E-state index < -0.39 is 27.7 Å². The van der Waals surface area contributed by atoms with Gasteiger partial charge >= 0.3 is 6.18 Å². The number of benzene rings is 2. The Morgan fingerprint density at radius 3 is 2.25 bits per heavy atom. The van der Waals surface area contributed by atoms with Crippen molar-refractivity contribution in [3.8, 4) is 0 Å². The fraction of sp³-hybridized carbons (Fsp3) is 0.167. The molecular weight excluding hydrogens is 417 g/mol. The molecule has 5 nitrogen and oxygen atoms in total. The number of carbonyl (C=O) groups excluding carboxylic acids is 1. The molecule has 0 spiro atoms. The minimum Gasteiger partial charge on any atom is -0.322 e. The molecule has 1 amide bonds. The lowest BCUT2D eigenvalue weighted by atomic mass is 10.1. The molecule has 0 aliphatic rings. The Hall–Kier alpha value is -2.36. The van der Waals surface area contributed by atoms with E-state index in [2.05, 4.69) is 5.32 Å². The highest BCUT2D eigenvalue weighted by Crippen LogP contribution is 2.34. The molecule has 10 heteroatoms. The van der Waals surface area contributed by atoms with Crippen molar-refractivity contribution >= 4 is 38.8 Å². The molecule has 0 atom stereocenters. The molecular formula is C18H16ClF3N2O3S. The van der Waals surface area contributed by atoms with E-state index in [0.29, 0.717) is 6.08 Å². The fourth-order valence-corrected chi connectivity index (χ4v) is 3.29. The summed E-state index contributed by atoms with van der Waals surface area (Å²) in [6.07, 6.45) is -4.36. The van der Waals surface area contributed by atoms with Crippen LogP contribution in [0.2, 0.25) is 5.02 Å². The molecule has 0 heterocycles. The molecule has 1 N–H and O–H groups in total. The monoisotopic (exact) mass is 432 g/mol. The van der Waals surface area contributed by atoms with Gasteiger partial charge in [-0.15, -0.1) is 0 Å². The molecule has 2 aromatic rings. The third kappa shape index (κ3) is 5.34. The smallest absolute Gasteiger partial charge is 0.322 e. The van der Waals surface area contributed by atoms with Gasteiger partial charge in [-0.05, 0) is 35.9 Å². The summed E-state index contributed by atoms with van der Waals surface area (Å²) < 4.78 is 65.3. The van der Waals surface area contributed by atoms with Crippen LogP contribution in [-0.2, 0) is 14.8 Å². The normalized spacial score (nSPS) is 12.9. The van der Waals surface area contributed by atoms with Crippen molar-refractivity contribution < 1.29 is 26.4 Å². The molecule has 2 aromatic carbocycles. The summed E-state index contributed by atoms with van der Waals surface area (Å²) in [6, 6.07) is 10.1. The number of anilines is 1. The van der Waals surface area contributed by atoms with Gasteiger partial charge in [0.2, 0.25) is 15.9 Å². The second-order valence-electron chi connectivity index (χ2n) is 5.87. The van der Waals surface area contributed by atoms with Gasteiger partial charge in [0.1, 0.15) is 0 Å². The van der Waals surface area contributed by atoms with Gasteiger partial charge in [-0.3, -0.25) is 4.79 Å². The van der Waals surface area contributed by atoms with Gasteiger partial charge in [0.15, 0.2) is 0 Å². The van der Waals surface area contributed by atoms with Crippen molar-refractivity contribution in [1.29, 1.82) is 0 Å². The molecule has 2 rings (SSSR count). The lowest BCUT2D eigenvalue weighted by Gasteiger charge is -2.13. The molecule has 0 unspecified atom stereocenters. The van der Waals surface area contributed by atoms with Crippen LogP contribution in [0.5, 0.6) is 0 Å². The lowest BCUT2D eigenvalue weighted by molar-refractivity contribution is -0.112. The summed E-state index contributed by atoms with van der Waals surface area (Å²) in [7, 11) is -1.08. The highest BCUT2D eigenvalue weighted by molar-refractivity contribution is 7.89. The molecule has 0 aromatic heterocycles. The predicted octanol–water partition coefficient (Wildman–Crippen LogP) is 4.17. The highest BCUT2D eigenvalue weighted by Gasteiger charge is 2.35. The topological polar surface area (TPSA) is 66.5 Å². The average molecular weight is 433 g/mol. The van der Waals surface area contributed by atoms with Gasteiger partial charge in [0.25, 0.3) is 0 Å². The average Bonchev–Trinajstić information content (AvgIpc) is 2.60. The first-order valence-electron chi connectivity index (χ1n) is 7.79. The summed E-state index contributed by atoms with van der Waals surface area (Å²) >= 11 is 5.68. The SMILES string of the molecule is CN(C)S(=O)(=O)c1cccc(NC(=O)/C=C(/c2ccc(Cl)cc2)C(F)(F)F)c1. The van der Waals surface area contributed by atoms with Crippen LogP contribution < -0.4 is 5.32 Å². The zero-order chi connectivity index (χ0) is 21.1. The fourth-order valence-electron chi connectivity index (χ4n) is 2.21. The molecule has 150 valence electrons. The molecule has 0 fully saturated rings. The van der Waals surface area contributed by atoms with Gasteiger partial charge in [0, 0.05) is 30.9 Å². The molecule has 0 saturated carbocycles. The third-order valence-corrected chi connectivity index (χ3v) is 5.68. The Morgan fingerprint density at radius 2 is 1.71 bits per heavy atom. The first-order chi connectivity index (χ1) is 12.9. The molecule has 0 aliphatic heterocycles. The summed E-state index contributed by atoms with van der Waals surface area (Å²) in [5, 5.41) is 2.51. The molecule has 0 saturated heterocycles. The van der Waals surface area contributed by atoms with Crippen molar-refractivity contribution in [3.63, 3.8) is 0 Å². The maximum Gasteiger partial charge on any atom is 0.417 e. The number of sulfonamides is 1. The second-order valence-corrected chi connectivity index (χ2v) is 8.46. The number of hydrogen-bond acceptors (Lipinski definition) is 3. The summed E-state index contributed by atoms with van der Waals surface area (Å²) in [4.78, 5) is 12.0. The largest absolute Gasteiger partial charge is 0.417 e. The van der Waals surface area contributed by atoms with Crippen LogP contribution >= 0.6 is 11.6 Å². The van der Waals surface area contributed by atoms with E-state index in [1.165, 1.54) is 44.4 Å². The zero-order valence-corrected chi connectivity index (χ0v) is 16.4. The van der Waals surface area contributed by atoms with Gasteiger partial charge in [-0.2, -0.15) is 13.2 Å². The van der Waals surface area contributed by atoms with E-state index >= 15 is 0 Å². The number of carbonyl (C=O) groups is 1. The summed E-state index contributed by atoms with van der Waals surface area (Å²) in [6.45, 7) is 0. The number of amides is 1. The summed E-state index contributed by atoms with van der Waals surface area (Å²) in [5.41, 5.74) is -1.34. The highest BCUT2D eigenvalue weighted by atomic mass is 35.5. The lowest BCUT2D eigenvalue weighted by Crippen LogP contribution is -2.22. The Balaban J connectivity index is 2.34. The maximum absolute atomic E-state index is 13.3. The Labute approximate surface area is 165 Å². The number of nitrogens with one attached hydrogen (secondary N) is 1. The number of nitrogens with zero attached hydrogens (tertiary/aromatic N) is 1. The Kier molecular flexibility index (Phi) is 6.53. The van der Waals surface area contributed by atoms with E-state index in [1.54, 1.807) is 0 Å². The van der Waals surface area contributed by atoms with Crippen LogP contribution in [0.3, 0.4) is 0 Å². The van der Waals surface area contributed by atoms with Gasteiger partial charge in [-0.25, -0.2) is 12.7 Å². The molecule has 0 aliphatic carbocycles. The van der Waals surface area contributed by atoms with Gasteiger partial charge in [0.05, 0.1) is 10.5 Å². The number of allylic oxidation sites excluding steroid dienone is 1. The van der Waals surface area contributed by atoms with Crippen LogP contribution in [0.25, 0.3) is 5.57 Å². The number of hydrogen-bond donors (Lipinski definition) is 1. The van der Waals surface area contributed by atoms with Crippen molar-refractivity contribution in [2.75, 3.05) is 19.4 Å². The minimum atomic E-state index is -4.78. The van der Waals surface area contributed by atoms with E-state index in [0.717, 1.165) is 22.5 Å². The second kappa shape index (κ2) is 8.34. The molecule has 0 radical (unpaired) electrons. The van der Waals surface area contributed by atoms with Crippen LogP contribution in [0.4, 0.5) is 18.9 Å². The first-order valence-corrected chi connectivity index (χ1v) is 9.61. The van der Waals surface area contributed by atoms with Gasteiger partial charge in [-0.1, -0.05) is 29.8 Å². The van der Waals surface area contributed by atoms with Crippen LogP contribution in [-0.4, -0.2) is 38.9 Å². The number of alkyl halides is 3. The Bertz CT molecular complexity index is 1000. The van der Waals surface area contributed by atoms with Crippen molar-refractivity contribution in [3.05, 3.63) is 65.2 Å². The number of halogens is 4. The number of rotatable bonds is 5. The zero-order valence-electron chi connectivity index (χ0n) is 14.8. The van der Waals surface area contributed by atoms with Crippen LogP contribution in [0.15, 0.2) is 59.5 Å². The summed E-state index contributed by atoms with van der Waals surface area (Å²) in [5.74, 6) is -1.05. The predicted molar refractivity (Wildman–Crippen MR) is 101 cm³/mol. The maximum atomic E-state index is 13.3. The Morgan fingerprint density at radius 1 is 1.11 bits per heavy atom. The van der Waals surface area contributed by atoms with Crippen molar-refractivity contribution in [2.24, 2.45) is 0 Å². The van der Waals surface area contributed by atoms with Crippen LogP contribution in [0.1, 0.15) is 5.56 Å². The van der Waals surface area contributed by atoms with E-state index in [-0.39, 0.29) is 21.2 Å². The minimum absolute atomic E-state index is 0.0433. The first kappa shape index (κ1) is 21.9. The molecule has 28 heavy (non-hydrogen) atoms. The van der Waals surface area contributed by atoms with E-state index in [9.17, 15) is 26.4 Å². The van der Waals surface area contributed by atoms with Crippen LogP contribution in [0, 0.1) is 0 Å². The van der Waals surface area contributed by atoms with E-state index in [4.69, 9.17) is 11.6 Å². The van der Waals surface area contributed by atoms with E-state index in [1.807, 2.05) is 0 Å². The standard InChI is InChI=1S/C18H16ClF3N2O3S/c1-24(2)28(26,27)15-5-3-4-14(10-15)23-17(25)11-16(18(20,21)22)12-6-8-13(19)9-7-12/h3-11H,1-2H3,(H,23,25)/b16-11-. The van der Waals surface area contributed by atoms with Crippen molar-refractivity contribution in [2.45, 2.75) is 11.1 Å². The third-order valence-electron chi connectivity index (χ3n) is 3.62.